The highest BCUT2D eigenvalue weighted by Gasteiger charge is 2.06. The molecule has 1 heterocycles. The third-order valence-corrected chi connectivity index (χ3v) is 5.90. The van der Waals surface area contributed by atoms with Crippen molar-refractivity contribution >= 4 is 29.6 Å². The van der Waals surface area contributed by atoms with Crippen LogP contribution in [0.5, 0.6) is 5.75 Å². The molecule has 0 aliphatic heterocycles. The molecule has 0 saturated heterocycles. The van der Waals surface area contributed by atoms with Crippen LogP contribution in [0.1, 0.15) is 22.3 Å². The van der Waals surface area contributed by atoms with Crippen LogP contribution in [0.3, 0.4) is 0 Å². The number of rotatable bonds is 8. The average molecular weight is 449 g/mol. The SMILES string of the molecule is Cc1ccc(COc2ccc(/C=N\n3cnnc3SCc3ccccc3Cl)cc2)cc1. The summed E-state index contributed by atoms with van der Waals surface area (Å²) in [6.45, 7) is 2.62. The molecule has 0 unspecified atom stereocenters. The lowest BCUT2D eigenvalue weighted by Crippen LogP contribution is -1.96. The number of nitrogens with zero attached hydrogens (tertiary/aromatic N) is 4. The Hall–Kier alpha value is -3.09. The second kappa shape index (κ2) is 10.3. The smallest absolute Gasteiger partial charge is 0.212 e. The Kier molecular flexibility index (Phi) is 7.02. The van der Waals surface area contributed by atoms with Crippen molar-refractivity contribution in [3.63, 3.8) is 0 Å². The monoisotopic (exact) mass is 448 g/mol. The number of ether oxygens (including phenoxy) is 1. The number of hydrogen-bond acceptors (Lipinski definition) is 5. The maximum Gasteiger partial charge on any atom is 0.212 e. The van der Waals surface area contributed by atoms with Crippen LogP contribution >= 0.6 is 23.4 Å². The predicted molar refractivity (Wildman–Crippen MR) is 126 cm³/mol. The summed E-state index contributed by atoms with van der Waals surface area (Å²) in [5, 5.41) is 14.0. The Morgan fingerprint density at radius 2 is 1.81 bits per heavy atom. The Labute approximate surface area is 190 Å². The van der Waals surface area contributed by atoms with E-state index >= 15 is 0 Å². The molecule has 156 valence electrons. The van der Waals surface area contributed by atoms with E-state index in [1.807, 2.05) is 48.5 Å². The van der Waals surface area contributed by atoms with Gasteiger partial charge in [-0.1, -0.05) is 71.4 Å². The van der Waals surface area contributed by atoms with Gasteiger partial charge in [-0.15, -0.1) is 10.2 Å². The number of benzene rings is 3. The van der Waals surface area contributed by atoms with E-state index in [2.05, 4.69) is 46.5 Å². The first-order chi connectivity index (χ1) is 15.2. The summed E-state index contributed by atoms with van der Waals surface area (Å²) in [5.41, 5.74) is 4.39. The first-order valence-electron chi connectivity index (χ1n) is 9.76. The van der Waals surface area contributed by atoms with E-state index in [4.69, 9.17) is 16.3 Å². The van der Waals surface area contributed by atoms with Gasteiger partial charge in [0.2, 0.25) is 5.16 Å². The molecule has 0 fully saturated rings. The van der Waals surface area contributed by atoms with Crippen molar-refractivity contribution in [1.29, 1.82) is 0 Å². The van der Waals surface area contributed by atoms with Crippen molar-refractivity contribution in [2.75, 3.05) is 0 Å². The minimum absolute atomic E-state index is 0.542. The Balaban J connectivity index is 1.34. The Bertz CT molecular complexity index is 1160. The summed E-state index contributed by atoms with van der Waals surface area (Å²) in [6, 6.07) is 23.9. The van der Waals surface area contributed by atoms with E-state index in [9.17, 15) is 0 Å². The van der Waals surface area contributed by atoms with Gasteiger partial charge >= 0.3 is 0 Å². The fraction of sp³-hybridized carbons (Fsp3) is 0.125. The predicted octanol–water partition coefficient (Wildman–Crippen LogP) is 5.99. The van der Waals surface area contributed by atoms with Crippen LogP contribution in [0.15, 0.2) is 89.4 Å². The van der Waals surface area contributed by atoms with Crippen LogP contribution < -0.4 is 4.74 Å². The van der Waals surface area contributed by atoms with E-state index in [0.717, 1.165) is 27.5 Å². The van der Waals surface area contributed by atoms with Gasteiger partial charge in [0.25, 0.3) is 0 Å². The fourth-order valence-corrected chi connectivity index (χ4v) is 3.93. The highest BCUT2D eigenvalue weighted by Crippen LogP contribution is 2.25. The summed E-state index contributed by atoms with van der Waals surface area (Å²) < 4.78 is 7.51. The molecule has 0 bridgehead atoms. The molecule has 0 radical (unpaired) electrons. The molecule has 0 aliphatic carbocycles. The molecule has 0 aliphatic rings. The first kappa shape index (κ1) is 21.2. The standard InChI is InChI=1S/C24H21ClN4OS/c1-18-6-8-20(9-7-18)15-30-22-12-10-19(11-13-22)14-27-29-17-26-28-24(29)31-16-21-4-2-3-5-23(21)25/h2-14,17H,15-16H2,1H3/b27-14-. The van der Waals surface area contributed by atoms with E-state index < -0.39 is 0 Å². The third kappa shape index (κ3) is 5.96. The van der Waals surface area contributed by atoms with Crippen LogP contribution in [0, 0.1) is 6.92 Å². The van der Waals surface area contributed by atoms with Crippen LogP contribution in [0.4, 0.5) is 0 Å². The molecule has 4 rings (SSSR count). The van der Waals surface area contributed by atoms with Crippen molar-refractivity contribution in [2.24, 2.45) is 5.10 Å². The molecular weight excluding hydrogens is 428 g/mol. The quantitative estimate of drug-likeness (QED) is 0.245. The van der Waals surface area contributed by atoms with Crippen LogP contribution in [-0.2, 0) is 12.4 Å². The van der Waals surface area contributed by atoms with Gasteiger partial charge in [-0.05, 0) is 53.9 Å². The molecular formula is C24H21ClN4OS. The van der Waals surface area contributed by atoms with Gasteiger partial charge in [0.05, 0.1) is 6.21 Å². The first-order valence-corrected chi connectivity index (χ1v) is 11.1. The molecule has 0 N–H and O–H groups in total. The molecule has 31 heavy (non-hydrogen) atoms. The number of halogens is 1. The van der Waals surface area contributed by atoms with Gasteiger partial charge in [0, 0.05) is 10.8 Å². The summed E-state index contributed by atoms with van der Waals surface area (Å²) >= 11 is 7.76. The van der Waals surface area contributed by atoms with Crippen molar-refractivity contribution in [2.45, 2.75) is 24.4 Å². The van der Waals surface area contributed by atoms with Gasteiger partial charge in [-0.2, -0.15) is 9.78 Å². The number of thioether (sulfide) groups is 1. The third-order valence-electron chi connectivity index (χ3n) is 4.55. The van der Waals surface area contributed by atoms with E-state index in [1.54, 1.807) is 17.2 Å². The van der Waals surface area contributed by atoms with Gasteiger partial charge in [0.15, 0.2) is 0 Å². The van der Waals surface area contributed by atoms with Crippen molar-refractivity contribution < 1.29 is 4.74 Å². The average Bonchev–Trinajstić information content (AvgIpc) is 3.25. The molecule has 3 aromatic carbocycles. The lowest BCUT2D eigenvalue weighted by molar-refractivity contribution is 0.306. The minimum Gasteiger partial charge on any atom is -0.489 e. The normalized spacial score (nSPS) is 11.2. The molecule has 0 amide bonds. The number of hydrogen-bond donors (Lipinski definition) is 0. The highest BCUT2D eigenvalue weighted by atomic mass is 35.5. The zero-order valence-corrected chi connectivity index (χ0v) is 18.6. The van der Waals surface area contributed by atoms with Crippen LogP contribution in [0.25, 0.3) is 0 Å². The largest absolute Gasteiger partial charge is 0.489 e. The zero-order chi connectivity index (χ0) is 21.5. The van der Waals surface area contributed by atoms with Gasteiger partial charge in [-0.25, -0.2) is 0 Å². The summed E-state index contributed by atoms with van der Waals surface area (Å²) in [4.78, 5) is 0. The molecule has 0 spiro atoms. The summed E-state index contributed by atoms with van der Waals surface area (Å²) in [7, 11) is 0. The van der Waals surface area contributed by atoms with Crippen molar-refractivity contribution in [3.05, 3.63) is 106 Å². The molecule has 5 nitrogen and oxygen atoms in total. The topological polar surface area (TPSA) is 52.3 Å². The summed E-state index contributed by atoms with van der Waals surface area (Å²) in [5.74, 6) is 1.51. The zero-order valence-electron chi connectivity index (χ0n) is 17.0. The summed E-state index contributed by atoms with van der Waals surface area (Å²) in [6.07, 6.45) is 3.36. The van der Waals surface area contributed by atoms with Crippen LogP contribution in [-0.4, -0.2) is 21.1 Å². The molecule has 0 atom stereocenters. The number of aryl methyl sites for hydroxylation is 1. The Morgan fingerprint density at radius 3 is 2.58 bits per heavy atom. The maximum atomic E-state index is 6.23. The van der Waals surface area contributed by atoms with Crippen molar-refractivity contribution in [1.82, 2.24) is 14.9 Å². The molecule has 0 saturated carbocycles. The second-order valence-electron chi connectivity index (χ2n) is 6.93. The minimum atomic E-state index is 0.542. The van der Waals surface area contributed by atoms with Crippen LogP contribution in [0.2, 0.25) is 5.02 Å². The molecule has 1 aromatic heterocycles. The number of aromatic nitrogens is 3. The van der Waals surface area contributed by atoms with E-state index in [-0.39, 0.29) is 0 Å². The Morgan fingerprint density at radius 1 is 1.03 bits per heavy atom. The van der Waals surface area contributed by atoms with E-state index in [0.29, 0.717) is 17.5 Å². The van der Waals surface area contributed by atoms with Gasteiger partial charge < -0.3 is 4.74 Å². The lowest BCUT2D eigenvalue weighted by Gasteiger charge is -2.07. The maximum absolute atomic E-state index is 6.23. The van der Waals surface area contributed by atoms with Crippen molar-refractivity contribution in [3.8, 4) is 5.75 Å². The van der Waals surface area contributed by atoms with E-state index in [1.165, 1.54) is 17.3 Å². The van der Waals surface area contributed by atoms with Gasteiger partial charge in [0.1, 0.15) is 18.7 Å². The fourth-order valence-electron chi connectivity index (χ4n) is 2.78. The highest BCUT2D eigenvalue weighted by molar-refractivity contribution is 7.98. The molecule has 4 aromatic rings. The lowest BCUT2D eigenvalue weighted by atomic mass is 10.2. The van der Waals surface area contributed by atoms with Gasteiger partial charge in [-0.3, -0.25) is 0 Å². The second-order valence-corrected chi connectivity index (χ2v) is 8.28. The molecule has 7 heteroatoms.